The summed E-state index contributed by atoms with van der Waals surface area (Å²) in [5.74, 6) is -0.159. The second-order valence-electron chi connectivity index (χ2n) is 6.96. The molecular weight excluding hydrogens is 426 g/mol. The Labute approximate surface area is 179 Å². The number of sulfonamides is 1. The molecular formula is C20H20ClN5O3S. The van der Waals surface area contributed by atoms with E-state index < -0.39 is 10.0 Å². The standard InChI is InChI=1S/C20H20ClN5O3S/c1-24-14-18(19(23-24)15-5-7-22-8-6-15)30(28,29)26-11-9-25(10-12-26)20(27)16-3-2-4-17(21)13-16/h2-8,13-14H,9-12H2,1H3. The molecule has 1 aliphatic rings. The Balaban J connectivity index is 1.53. The third kappa shape index (κ3) is 3.96. The van der Waals surface area contributed by atoms with Crippen molar-refractivity contribution >= 4 is 27.5 Å². The van der Waals surface area contributed by atoms with Gasteiger partial charge < -0.3 is 4.90 Å². The molecule has 8 nitrogen and oxygen atoms in total. The molecule has 3 heterocycles. The summed E-state index contributed by atoms with van der Waals surface area (Å²) in [6, 6.07) is 10.2. The molecule has 0 spiro atoms. The summed E-state index contributed by atoms with van der Waals surface area (Å²) >= 11 is 5.98. The topological polar surface area (TPSA) is 88.4 Å². The fourth-order valence-electron chi connectivity index (χ4n) is 3.44. The number of pyridine rings is 1. The highest BCUT2D eigenvalue weighted by Gasteiger charge is 2.33. The molecule has 30 heavy (non-hydrogen) atoms. The van der Waals surface area contributed by atoms with Crippen molar-refractivity contribution in [1.29, 1.82) is 0 Å². The van der Waals surface area contributed by atoms with Gasteiger partial charge in [-0.2, -0.15) is 9.40 Å². The average Bonchev–Trinajstić information content (AvgIpc) is 3.16. The molecule has 0 atom stereocenters. The Morgan fingerprint density at radius 1 is 1.07 bits per heavy atom. The minimum absolute atomic E-state index is 0.144. The van der Waals surface area contributed by atoms with E-state index in [-0.39, 0.29) is 23.9 Å². The number of halogens is 1. The lowest BCUT2D eigenvalue weighted by atomic mass is 10.2. The van der Waals surface area contributed by atoms with E-state index in [1.807, 2.05) is 0 Å². The van der Waals surface area contributed by atoms with Gasteiger partial charge in [0.05, 0.1) is 0 Å². The first-order valence-corrected chi connectivity index (χ1v) is 11.2. The van der Waals surface area contributed by atoms with Crippen LogP contribution in [-0.4, -0.2) is 64.5 Å². The third-order valence-corrected chi connectivity index (χ3v) is 7.10. The molecule has 0 saturated carbocycles. The van der Waals surface area contributed by atoms with Gasteiger partial charge in [-0.15, -0.1) is 0 Å². The van der Waals surface area contributed by atoms with Crippen LogP contribution in [-0.2, 0) is 17.1 Å². The molecule has 1 amide bonds. The largest absolute Gasteiger partial charge is 0.336 e. The van der Waals surface area contributed by atoms with Gasteiger partial charge in [-0.05, 0) is 30.3 Å². The Kier molecular flexibility index (Phi) is 5.59. The van der Waals surface area contributed by atoms with Crippen molar-refractivity contribution in [2.45, 2.75) is 4.90 Å². The predicted octanol–water partition coefficient (Wildman–Crippen LogP) is 2.28. The number of benzene rings is 1. The first kappa shape index (κ1) is 20.5. The number of carbonyl (C=O) groups is 1. The zero-order chi connectivity index (χ0) is 21.3. The second kappa shape index (κ2) is 8.17. The smallest absolute Gasteiger partial charge is 0.253 e. The molecule has 4 rings (SSSR count). The molecule has 0 unspecified atom stereocenters. The fraction of sp³-hybridized carbons (Fsp3) is 0.250. The Morgan fingerprint density at radius 2 is 1.77 bits per heavy atom. The van der Waals surface area contributed by atoms with Crippen molar-refractivity contribution in [3.63, 3.8) is 0 Å². The minimum atomic E-state index is -3.77. The summed E-state index contributed by atoms with van der Waals surface area (Å²) in [7, 11) is -2.08. The van der Waals surface area contributed by atoms with Crippen LogP contribution in [0.2, 0.25) is 5.02 Å². The normalized spacial score (nSPS) is 15.3. The van der Waals surface area contributed by atoms with Crippen molar-refractivity contribution in [2.24, 2.45) is 7.05 Å². The minimum Gasteiger partial charge on any atom is -0.336 e. The number of nitrogens with zero attached hydrogens (tertiary/aromatic N) is 5. The molecule has 0 radical (unpaired) electrons. The Morgan fingerprint density at radius 3 is 2.43 bits per heavy atom. The maximum Gasteiger partial charge on any atom is 0.253 e. The Bertz CT molecular complexity index is 1170. The van der Waals surface area contributed by atoms with Gasteiger partial charge in [0.1, 0.15) is 10.6 Å². The molecule has 1 aromatic carbocycles. The zero-order valence-corrected chi connectivity index (χ0v) is 17.8. The van der Waals surface area contributed by atoms with Crippen LogP contribution in [0.15, 0.2) is 59.9 Å². The SMILES string of the molecule is Cn1cc(S(=O)(=O)N2CCN(C(=O)c3cccc(Cl)c3)CC2)c(-c2ccncc2)n1. The highest BCUT2D eigenvalue weighted by atomic mass is 35.5. The maximum atomic E-state index is 13.3. The van der Waals surface area contributed by atoms with Gasteiger partial charge in [0.25, 0.3) is 5.91 Å². The maximum absolute atomic E-state index is 13.3. The van der Waals surface area contributed by atoms with Crippen molar-refractivity contribution in [1.82, 2.24) is 24.0 Å². The van der Waals surface area contributed by atoms with Gasteiger partial charge >= 0.3 is 0 Å². The van der Waals surface area contributed by atoms with Gasteiger partial charge in [0, 0.05) is 68.0 Å². The lowest BCUT2D eigenvalue weighted by Gasteiger charge is -2.34. The molecule has 0 bridgehead atoms. The molecule has 10 heteroatoms. The van der Waals surface area contributed by atoms with Crippen molar-refractivity contribution in [3.8, 4) is 11.3 Å². The van der Waals surface area contributed by atoms with Gasteiger partial charge in [-0.3, -0.25) is 14.5 Å². The number of hydrogen-bond acceptors (Lipinski definition) is 5. The first-order chi connectivity index (χ1) is 14.4. The molecule has 0 N–H and O–H groups in total. The van der Waals surface area contributed by atoms with Crippen LogP contribution in [0, 0.1) is 0 Å². The number of amides is 1. The van der Waals surface area contributed by atoms with E-state index in [4.69, 9.17) is 11.6 Å². The number of aryl methyl sites for hydroxylation is 1. The van der Waals surface area contributed by atoms with E-state index in [1.165, 1.54) is 15.2 Å². The second-order valence-corrected chi connectivity index (χ2v) is 9.30. The van der Waals surface area contributed by atoms with Crippen LogP contribution in [0.3, 0.4) is 0 Å². The van der Waals surface area contributed by atoms with Gasteiger partial charge in [0.15, 0.2) is 0 Å². The van der Waals surface area contributed by atoms with Crippen LogP contribution in [0.5, 0.6) is 0 Å². The van der Waals surface area contributed by atoms with E-state index in [0.29, 0.717) is 34.9 Å². The summed E-state index contributed by atoms with van der Waals surface area (Å²) in [4.78, 5) is 18.5. The number of rotatable bonds is 4. The van der Waals surface area contributed by atoms with Crippen molar-refractivity contribution in [3.05, 3.63) is 65.6 Å². The summed E-state index contributed by atoms with van der Waals surface area (Å²) in [6.07, 6.45) is 4.70. The molecule has 3 aromatic rings. The molecule has 1 aliphatic heterocycles. The number of carbonyl (C=O) groups excluding carboxylic acids is 1. The molecule has 1 fully saturated rings. The average molecular weight is 446 g/mol. The van der Waals surface area contributed by atoms with E-state index in [2.05, 4.69) is 10.1 Å². The van der Waals surface area contributed by atoms with E-state index in [0.717, 1.165) is 0 Å². The van der Waals surface area contributed by atoms with Crippen molar-refractivity contribution in [2.75, 3.05) is 26.2 Å². The zero-order valence-electron chi connectivity index (χ0n) is 16.3. The molecule has 156 valence electrons. The number of hydrogen-bond donors (Lipinski definition) is 0. The van der Waals surface area contributed by atoms with E-state index >= 15 is 0 Å². The van der Waals surface area contributed by atoms with Crippen LogP contribution in [0.1, 0.15) is 10.4 Å². The summed E-state index contributed by atoms with van der Waals surface area (Å²) < 4.78 is 29.5. The van der Waals surface area contributed by atoms with Gasteiger partial charge in [-0.1, -0.05) is 17.7 Å². The third-order valence-electron chi connectivity index (χ3n) is 4.96. The van der Waals surface area contributed by atoms with Gasteiger partial charge in [0.2, 0.25) is 10.0 Å². The lowest BCUT2D eigenvalue weighted by molar-refractivity contribution is 0.0698. The quantitative estimate of drug-likeness (QED) is 0.614. The van der Waals surface area contributed by atoms with Crippen LogP contribution >= 0.6 is 11.6 Å². The summed E-state index contributed by atoms with van der Waals surface area (Å²) in [6.45, 7) is 1.02. The van der Waals surface area contributed by atoms with Gasteiger partial charge in [-0.25, -0.2) is 8.42 Å². The molecule has 2 aromatic heterocycles. The first-order valence-electron chi connectivity index (χ1n) is 9.35. The summed E-state index contributed by atoms with van der Waals surface area (Å²) in [5, 5.41) is 4.83. The number of aromatic nitrogens is 3. The number of piperazine rings is 1. The monoisotopic (exact) mass is 445 g/mol. The molecule has 1 saturated heterocycles. The van der Waals surface area contributed by atoms with E-state index in [1.54, 1.807) is 60.7 Å². The van der Waals surface area contributed by atoms with Crippen LogP contribution in [0.4, 0.5) is 0 Å². The highest BCUT2D eigenvalue weighted by molar-refractivity contribution is 7.89. The van der Waals surface area contributed by atoms with E-state index in [9.17, 15) is 13.2 Å². The summed E-state index contributed by atoms with van der Waals surface area (Å²) in [5.41, 5.74) is 1.56. The Hall–Kier alpha value is -2.75. The van der Waals surface area contributed by atoms with Crippen LogP contribution in [0.25, 0.3) is 11.3 Å². The highest BCUT2D eigenvalue weighted by Crippen LogP contribution is 2.28. The van der Waals surface area contributed by atoms with Crippen molar-refractivity contribution < 1.29 is 13.2 Å². The predicted molar refractivity (Wildman–Crippen MR) is 113 cm³/mol. The van der Waals surface area contributed by atoms with Crippen LogP contribution < -0.4 is 0 Å². The fourth-order valence-corrected chi connectivity index (χ4v) is 5.24. The lowest BCUT2D eigenvalue weighted by Crippen LogP contribution is -2.50. The molecule has 0 aliphatic carbocycles.